The summed E-state index contributed by atoms with van der Waals surface area (Å²) in [5, 5.41) is 6.03. The number of anilines is 6. The van der Waals surface area contributed by atoms with Gasteiger partial charge in [0.05, 0.1) is 54.2 Å². The van der Waals surface area contributed by atoms with Crippen molar-refractivity contribution in [2.75, 3.05) is 83.7 Å². The van der Waals surface area contributed by atoms with Gasteiger partial charge in [-0.25, -0.2) is 34.7 Å². The van der Waals surface area contributed by atoms with Crippen molar-refractivity contribution in [3.63, 3.8) is 0 Å². The number of hydrogen-bond acceptors (Lipinski definition) is 19. The van der Waals surface area contributed by atoms with Gasteiger partial charge in [-0.15, -0.1) is 0 Å². The summed E-state index contributed by atoms with van der Waals surface area (Å²) in [6, 6.07) is 12.7. The van der Waals surface area contributed by atoms with Crippen molar-refractivity contribution in [3.8, 4) is 34.5 Å². The van der Waals surface area contributed by atoms with E-state index in [-0.39, 0.29) is 54.0 Å². The molecule has 4 aromatic heterocycles. The molecule has 4 N–H and O–H groups in total. The third-order valence-electron chi connectivity index (χ3n) is 13.1. The highest BCUT2D eigenvalue weighted by molar-refractivity contribution is 6.03. The molecular formula is C51H54F6N14O7. The number of alkyl halides is 6. The smallest absolute Gasteiger partial charge is 0.416 e. The number of nitrogens with one attached hydrogen (secondary N) is 2. The number of benzene rings is 2. The maximum atomic E-state index is 13.5. The molecule has 4 saturated heterocycles. The van der Waals surface area contributed by atoms with Crippen LogP contribution in [0.25, 0.3) is 22.8 Å². The van der Waals surface area contributed by atoms with Crippen LogP contribution in [0.5, 0.6) is 11.8 Å². The van der Waals surface area contributed by atoms with Crippen molar-refractivity contribution >= 4 is 40.9 Å². The minimum atomic E-state index is -4.51. The van der Waals surface area contributed by atoms with Crippen molar-refractivity contribution in [1.82, 2.24) is 39.9 Å². The molecule has 0 aliphatic carbocycles. The summed E-state index contributed by atoms with van der Waals surface area (Å²) in [4.78, 5) is 52.9. The molecule has 10 heterocycles. The summed E-state index contributed by atoms with van der Waals surface area (Å²) < 4.78 is 112. The lowest BCUT2D eigenvalue weighted by atomic mass is 10.1. The molecular weight excluding hydrogens is 1030 g/mol. The molecule has 0 unspecified atom stereocenters. The lowest BCUT2D eigenvalue weighted by Gasteiger charge is -2.35. The maximum Gasteiger partial charge on any atom is 0.416 e. The first-order valence-electron chi connectivity index (χ1n) is 24.9. The Bertz CT molecular complexity index is 3140. The molecule has 27 heteroatoms. The number of ether oxygens (including phenoxy) is 6. The van der Waals surface area contributed by atoms with Crippen molar-refractivity contribution in [3.05, 3.63) is 96.6 Å². The lowest BCUT2D eigenvalue weighted by Crippen LogP contribution is -2.48. The Hall–Kier alpha value is -7.75. The van der Waals surface area contributed by atoms with Gasteiger partial charge in [-0.05, 0) is 64.8 Å². The van der Waals surface area contributed by atoms with Crippen LogP contribution in [-0.4, -0.2) is 134 Å². The fourth-order valence-corrected chi connectivity index (χ4v) is 9.45. The minimum Gasteiger partial charge on any atom is -0.475 e. The zero-order valence-electron chi connectivity index (χ0n) is 42.6. The van der Waals surface area contributed by atoms with E-state index in [2.05, 4.69) is 60.3 Å². The van der Waals surface area contributed by atoms with E-state index >= 15 is 0 Å². The molecule has 4 fully saturated rings. The third-order valence-corrected chi connectivity index (χ3v) is 13.1. The highest BCUT2D eigenvalue weighted by Crippen LogP contribution is 2.41. The van der Waals surface area contributed by atoms with Crippen LogP contribution in [-0.2, 0) is 31.3 Å². The quantitative estimate of drug-likeness (QED) is 0.117. The molecule has 0 spiro atoms. The Morgan fingerprint density at radius 1 is 0.718 bits per heavy atom. The van der Waals surface area contributed by atoms with Gasteiger partial charge < -0.3 is 49.3 Å². The molecule has 6 aromatic rings. The van der Waals surface area contributed by atoms with Crippen LogP contribution in [0.2, 0.25) is 0 Å². The summed E-state index contributed by atoms with van der Waals surface area (Å²) in [6.07, 6.45) is -1.25. The van der Waals surface area contributed by atoms with Gasteiger partial charge in [-0.3, -0.25) is 10.2 Å². The Balaban J connectivity index is 0.000000151. The van der Waals surface area contributed by atoms with Crippen LogP contribution in [0.4, 0.5) is 66.0 Å². The van der Waals surface area contributed by atoms with Gasteiger partial charge in [-0.2, -0.15) is 36.3 Å². The number of halogens is 6. The van der Waals surface area contributed by atoms with E-state index in [9.17, 15) is 31.1 Å². The number of nitrogens with two attached hydrogens (primary N) is 1. The van der Waals surface area contributed by atoms with Gasteiger partial charge in [0.1, 0.15) is 25.4 Å². The molecule has 0 radical (unpaired) electrons. The van der Waals surface area contributed by atoms with Gasteiger partial charge in [0.15, 0.2) is 34.9 Å². The normalized spacial score (nSPS) is 21.3. The first-order valence-corrected chi connectivity index (χ1v) is 24.9. The lowest BCUT2D eigenvalue weighted by molar-refractivity contribution is -0.142. The number of nitrogen functional groups attached to an aromatic ring is 1. The monoisotopic (exact) mass is 1090 g/mol. The molecule has 4 bridgehead atoms. The second kappa shape index (κ2) is 21.6. The van der Waals surface area contributed by atoms with E-state index < -0.39 is 41.1 Å². The second-order valence-corrected chi connectivity index (χ2v) is 19.7. The van der Waals surface area contributed by atoms with Gasteiger partial charge in [0, 0.05) is 67.9 Å². The molecule has 6 aliphatic heterocycles. The summed E-state index contributed by atoms with van der Waals surface area (Å²) >= 11 is 0. The molecule has 412 valence electrons. The van der Waals surface area contributed by atoms with Crippen LogP contribution in [0.1, 0.15) is 51.7 Å². The average Bonchev–Trinajstić information content (AvgIpc) is 4.33. The van der Waals surface area contributed by atoms with E-state index in [1.165, 1.54) is 29.3 Å². The molecule has 78 heavy (non-hydrogen) atoms. The molecule has 12 rings (SSSR count). The van der Waals surface area contributed by atoms with Crippen molar-refractivity contribution in [2.24, 2.45) is 0 Å². The van der Waals surface area contributed by atoms with E-state index in [1.807, 2.05) is 27.7 Å². The van der Waals surface area contributed by atoms with Gasteiger partial charge >= 0.3 is 18.4 Å². The predicted molar refractivity (Wildman–Crippen MR) is 271 cm³/mol. The second-order valence-electron chi connectivity index (χ2n) is 19.7. The van der Waals surface area contributed by atoms with Crippen molar-refractivity contribution in [2.45, 2.75) is 88.8 Å². The van der Waals surface area contributed by atoms with Crippen molar-refractivity contribution < 1.29 is 59.6 Å². The Labute approximate surface area is 442 Å². The highest BCUT2D eigenvalue weighted by Gasteiger charge is 2.42. The summed E-state index contributed by atoms with van der Waals surface area (Å²) in [5.74, 6) is 1.11. The Kier molecular flexibility index (Phi) is 14.8. The Morgan fingerprint density at radius 2 is 1.28 bits per heavy atom. The number of urea groups is 1. The number of aromatic nitrogens is 8. The average molecular weight is 1090 g/mol. The summed E-state index contributed by atoms with van der Waals surface area (Å²) in [6.45, 7) is 12.0. The zero-order valence-corrected chi connectivity index (χ0v) is 42.6. The highest BCUT2D eigenvalue weighted by atomic mass is 19.4. The van der Waals surface area contributed by atoms with E-state index in [1.54, 1.807) is 36.8 Å². The molecule has 4 atom stereocenters. The number of hydrogen-bond donors (Lipinski definition) is 3. The van der Waals surface area contributed by atoms with Gasteiger partial charge in [-0.1, -0.05) is 24.3 Å². The van der Waals surface area contributed by atoms with E-state index in [4.69, 9.17) is 34.2 Å². The largest absolute Gasteiger partial charge is 0.475 e. The SMILES string of the molecule is CC1(C)OC[C@@H](COc2ccnc(N)n2)O1.CC1(C)OC[C@@H](COc2ccnc(NC(=O)N3c4nc(-c5cccc(C(F)(F)F)c5)ncc4N4CC[C@H]3C4)n2)O1.FC(F)(F)c1cccc(-c2ncc3c(n2)N[C@H]2CCN3C2)c1. The van der Waals surface area contributed by atoms with Gasteiger partial charge in [0.25, 0.3) is 0 Å². The Morgan fingerprint density at radius 3 is 1.87 bits per heavy atom. The first kappa shape index (κ1) is 53.6. The molecule has 2 amide bonds. The summed E-state index contributed by atoms with van der Waals surface area (Å²) in [5.41, 5.74) is 6.04. The summed E-state index contributed by atoms with van der Waals surface area (Å²) in [7, 11) is 0. The van der Waals surface area contributed by atoms with Crippen LogP contribution in [0, 0.1) is 0 Å². The molecule has 6 aliphatic rings. The maximum absolute atomic E-state index is 13.5. The van der Waals surface area contributed by atoms with Gasteiger partial charge in [0.2, 0.25) is 23.7 Å². The topological polar surface area (TPSA) is 235 Å². The standard InChI is InChI=1S/C26H26F3N7O4.C15H13F3N4.C10H15N3O3/c1-25(2)39-14-18(40-25)13-38-20-6-8-30-23(32-20)34-24(37)36-17-7-9-35(12-17)19-11-31-21(33-22(19)36)15-4-3-5-16(10-15)26(27,28)29;16-15(17,18)10-3-1-2-9(6-10)13-19-7-12-14(21-13)20-11-4-5-22(12)8-11;1-10(2)15-6-7(16-10)5-14-8-3-4-12-9(11)13-8/h3-6,8,10-11,17-18H,7,9,12-14H2,1-2H3,(H,30,32,34,37);1-3,6-7,11H,4-5,8H2,(H,19,20,21);3-4,7H,5-6H2,1-2H3,(H2,11,12,13)/t17-,18+;11-;7-/m001/s1. The zero-order chi connectivity index (χ0) is 55.0. The molecule has 0 saturated carbocycles. The number of nitrogens with zero attached hydrogens (tertiary/aromatic N) is 11. The number of fused-ring (bicyclic) bond motifs is 8. The number of carbonyl (C=O) groups excluding carboxylic acids is 1. The minimum absolute atomic E-state index is 0.0283. The van der Waals surface area contributed by atoms with Crippen LogP contribution in [0.3, 0.4) is 0 Å². The molecule has 2 aromatic carbocycles. The first-order chi connectivity index (χ1) is 37.1. The van der Waals surface area contributed by atoms with Crippen molar-refractivity contribution in [1.29, 1.82) is 0 Å². The van der Waals surface area contributed by atoms with E-state index in [0.717, 1.165) is 49.5 Å². The number of rotatable bonds is 9. The third kappa shape index (κ3) is 12.6. The van der Waals surface area contributed by atoms with Crippen LogP contribution < -0.4 is 40.5 Å². The fraction of sp³-hybridized carbons (Fsp3) is 0.431. The van der Waals surface area contributed by atoms with Crippen LogP contribution >= 0.6 is 0 Å². The number of carbonyl (C=O) groups is 1. The van der Waals surface area contributed by atoms with Crippen LogP contribution in [0.15, 0.2) is 85.5 Å². The predicted octanol–water partition coefficient (Wildman–Crippen LogP) is 7.87. The number of amides is 2. The molecule has 21 nitrogen and oxygen atoms in total. The fourth-order valence-electron chi connectivity index (χ4n) is 9.45. The van der Waals surface area contributed by atoms with E-state index in [0.29, 0.717) is 80.0 Å².